The molecule has 54 heavy (non-hydrogen) atoms. The average Bonchev–Trinajstić information content (AvgIpc) is 3.59. The largest absolute Gasteiger partial charge is 0.311 e. The zero-order chi connectivity index (χ0) is 35.8. The Hall–Kier alpha value is -7.16. The van der Waals surface area contributed by atoms with Gasteiger partial charge in [0, 0.05) is 33.5 Å². The molecule has 0 saturated heterocycles. The number of hydrogen-bond donors (Lipinski definition) is 0. The van der Waals surface area contributed by atoms with Crippen LogP contribution >= 0.6 is 0 Å². The van der Waals surface area contributed by atoms with Crippen LogP contribution in [0.2, 0.25) is 0 Å². The molecular weight excluding hydrogens is 653 g/mol. The molecule has 254 valence electrons. The lowest BCUT2D eigenvalue weighted by Crippen LogP contribution is -2.09. The first-order valence-corrected chi connectivity index (χ1v) is 18.5. The molecule has 2 nitrogen and oxygen atoms in total. The highest BCUT2D eigenvalue weighted by atomic mass is 15.1. The molecule has 10 rings (SSSR count). The normalized spacial score (nSPS) is 11.3. The molecule has 0 aliphatic heterocycles. The van der Waals surface area contributed by atoms with Crippen molar-refractivity contribution in [3.8, 4) is 39.1 Å². The lowest BCUT2D eigenvalue weighted by molar-refractivity contribution is 1.18. The van der Waals surface area contributed by atoms with Crippen molar-refractivity contribution in [2.75, 3.05) is 4.90 Å². The summed E-state index contributed by atoms with van der Waals surface area (Å²) in [5.41, 5.74) is 14.1. The van der Waals surface area contributed by atoms with Crippen molar-refractivity contribution >= 4 is 49.6 Å². The molecule has 1 heterocycles. The molecule has 9 aromatic carbocycles. The summed E-state index contributed by atoms with van der Waals surface area (Å²) in [6.45, 7) is 0. The molecule has 0 fully saturated rings. The van der Waals surface area contributed by atoms with Crippen LogP contribution in [0.1, 0.15) is 0 Å². The van der Waals surface area contributed by atoms with Crippen molar-refractivity contribution in [1.29, 1.82) is 0 Å². The molecule has 0 unspecified atom stereocenters. The van der Waals surface area contributed by atoms with Gasteiger partial charge in [0.25, 0.3) is 0 Å². The van der Waals surface area contributed by atoms with Crippen molar-refractivity contribution in [1.82, 2.24) is 4.57 Å². The van der Waals surface area contributed by atoms with Gasteiger partial charge in [-0.1, -0.05) is 158 Å². The standard InChI is InChI=1S/C52H36N2/c1-2-12-37(13-3-1)38-24-30-43(31-25-38)53(45-34-28-41(29-35-45)48-21-11-15-40-14-4-5-18-47(40)48)44-32-26-39(27-33-44)42-16-10-17-46(36-42)54-51-22-8-6-19-49(51)50-20-7-9-23-52(50)54/h1-36H. The van der Waals surface area contributed by atoms with Gasteiger partial charge in [-0.15, -0.1) is 0 Å². The van der Waals surface area contributed by atoms with Crippen LogP contribution in [0.15, 0.2) is 218 Å². The Morgan fingerprint density at radius 2 is 0.741 bits per heavy atom. The zero-order valence-electron chi connectivity index (χ0n) is 29.7. The summed E-state index contributed by atoms with van der Waals surface area (Å²) in [5.74, 6) is 0. The van der Waals surface area contributed by atoms with Gasteiger partial charge in [-0.25, -0.2) is 0 Å². The van der Waals surface area contributed by atoms with Crippen LogP contribution in [-0.2, 0) is 0 Å². The third kappa shape index (κ3) is 5.62. The monoisotopic (exact) mass is 688 g/mol. The minimum Gasteiger partial charge on any atom is -0.311 e. The van der Waals surface area contributed by atoms with E-state index < -0.39 is 0 Å². The zero-order valence-corrected chi connectivity index (χ0v) is 29.7. The van der Waals surface area contributed by atoms with Crippen LogP contribution in [0, 0.1) is 0 Å². The predicted molar refractivity (Wildman–Crippen MR) is 229 cm³/mol. The number of fused-ring (bicyclic) bond motifs is 4. The van der Waals surface area contributed by atoms with E-state index in [-0.39, 0.29) is 0 Å². The second kappa shape index (κ2) is 13.4. The number of nitrogens with zero attached hydrogens (tertiary/aromatic N) is 2. The molecule has 2 heteroatoms. The molecule has 0 bridgehead atoms. The van der Waals surface area contributed by atoms with Crippen LogP contribution in [0.5, 0.6) is 0 Å². The van der Waals surface area contributed by atoms with Crippen LogP contribution < -0.4 is 4.90 Å². The highest BCUT2D eigenvalue weighted by Gasteiger charge is 2.16. The van der Waals surface area contributed by atoms with Crippen LogP contribution in [0.25, 0.3) is 71.6 Å². The van der Waals surface area contributed by atoms with E-state index in [1.165, 1.54) is 66.0 Å². The van der Waals surface area contributed by atoms with Crippen molar-refractivity contribution in [2.24, 2.45) is 0 Å². The predicted octanol–water partition coefficient (Wildman–Crippen LogP) is 14.4. The molecule has 0 atom stereocenters. The number of benzene rings is 9. The van der Waals surface area contributed by atoms with Gasteiger partial charge in [-0.3, -0.25) is 0 Å². The van der Waals surface area contributed by atoms with E-state index >= 15 is 0 Å². The van der Waals surface area contributed by atoms with Crippen LogP contribution in [0.4, 0.5) is 17.1 Å². The molecule has 0 aliphatic rings. The lowest BCUT2D eigenvalue weighted by atomic mass is 9.98. The second-order valence-corrected chi connectivity index (χ2v) is 13.8. The third-order valence-corrected chi connectivity index (χ3v) is 10.6. The fraction of sp³-hybridized carbons (Fsp3) is 0. The second-order valence-electron chi connectivity index (χ2n) is 13.8. The number of hydrogen-bond acceptors (Lipinski definition) is 1. The van der Waals surface area contributed by atoms with E-state index in [0.29, 0.717) is 0 Å². The number of rotatable bonds is 7. The highest BCUT2D eigenvalue weighted by molar-refractivity contribution is 6.09. The van der Waals surface area contributed by atoms with E-state index in [0.717, 1.165) is 22.7 Å². The van der Waals surface area contributed by atoms with Gasteiger partial charge in [0.05, 0.1) is 11.0 Å². The van der Waals surface area contributed by atoms with Crippen molar-refractivity contribution in [3.63, 3.8) is 0 Å². The van der Waals surface area contributed by atoms with E-state index in [4.69, 9.17) is 0 Å². The van der Waals surface area contributed by atoms with Crippen molar-refractivity contribution in [2.45, 2.75) is 0 Å². The molecule has 0 N–H and O–H groups in total. The maximum absolute atomic E-state index is 2.38. The topological polar surface area (TPSA) is 8.17 Å². The van der Waals surface area contributed by atoms with E-state index in [9.17, 15) is 0 Å². The Kier molecular flexibility index (Phi) is 7.85. The van der Waals surface area contributed by atoms with Gasteiger partial charge in [0.1, 0.15) is 0 Å². The molecule has 0 aliphatic carbocycles. The fourth-order valence-corrected chi connectivity index (χ4v) is 7.98. The quantitative estimate of drug-likeness (QED) is 0.162. The van der Waals surface area contributed by atoms with Gasteiger partial charge in [-0.05, 0) is 105 Å². The summed E-state index contributed by atoms with van der Waals surface area (Å²) in [6, 6.07) is 78.8. The summed E-state index contributed by atoms with van der Waals surface area (Å²) in [4.78, 5) is 2.35. The number of anilines is 3. The highest BCUT2D eigenvalue weighted by Crippen LogP contribution is 2.39. The van der Waals surface area contributed by atoms with Gasteiger partial charge in [-0.2, -0.15) is 0 Å². The third-order valence-electron chi connectivity index (χ3n) is 10.6. The Bertz CT molecular complexity index is 2840. The Balaban J connectivity index is 1.03. The van der Waals surface area contributed by atoms with Crippen LogP contribution in [0.3, 0.4) is 0 Å². The SMILES string of the molecule is c1ccc(-c2ccc(N(c3ccc(-c4cccc(-n5c6ccccc6c6ccccc65)c4)cc3)c3ccc(-c4cccc5ccccc45)cc3)cc2)cc1. The lowest BCUT2D eigenvalue weighted by Gasteiger charge is -2.26. The molecule has 0 radical (unpaired) electrons. The first kappa shape index (κ1) is 31.6. The smallest absolute Gasteiger partial charge is 0.0541 e. The Labute approximate surface area is 315 Å². The summed E-state index contributed by atoms with van der Waals surface area (Å²) in [6.07, 6.45) is 0. The van der Waals surface area contributed by atoms with Crippen molar-refractivity contribution in [3.05, 3.63) is 218 Å². The maximum atomic E-state index is 2.38. The molecule has 10 aromatic rings. The maximum Gasteiger partial charge on any atom is 0.0541 e. The number of para-hydroxylation sites is 2. The summed E-state index contributed by atoms with van der Waals surface area (Å²) in [5, 5.41) is 5.05. The van der Waals surface area contributed by atoms with Gasteiger partial charge in [0.15, 0.2) is 0 Å². The Morgan fingerprint density at radius 1 is 0.296 bits per heavy atom. The molecule has 0 amide bonds. The minimum absolute atomic E-state index is 1.10. The Morgan fingerprint density at radius 3 is 1.37 bits per heavy atom. The first-order chi connectivity index (χ1) is 26.8. The van der Waals surface area contributed by atoms with Crippen LogP contribution in [-0.4, -0.2) is 4.57 Å². The fourth-order valence-electron chi connectivity index (χ4n) is 7.98. The molecule has 0 saturated carbocycles. The molecular formula is C52H36N2. The van der Waals surface area contributed by atoms with E-state index in [2.05, 4.69) is 228 Å². The summed E-state index contributed by atoms with van der Waals surface area (Å²) < 4.78 is 2.38. The molecule has 0 spiro atoms. The van der Waals surface area contributed by atoms with Crippen molar-refractivity contribution < 1.29 is 0 Å². The van der Waals surface area contributed by atoms with Gasteiger partial charge >= 0.3 is 0 Å². The van der Waals surface area contributed by atoms with E-state index in [1.807, 2.05) is 0 Å². The average molecular weight is 689 g/mol. The van der Waals surface area contributed by atoms with Gasteiger partial charge in [0.2, 0.25) is 0 Å². The first-order valence-electron chi connectivity index (χ1n) is 18.5. The summed E-state index contributed by atoms with van der Waals surface area (Å²) >= 11 is 0. The summed E-state index contributed by atoms with van der Waals surface area (Å²) in [7, 11) is 0. The molecule has 1 aromatic heterocycles. The van der Waals surface area contributed by atoms with E-state index in [1.54, 1.807) is 0 Å². The minimum atomic E-state index is 1.10. The number of aromatic nitrogens is 1. The van der Waals surface area contributed by atoms with Gasteiger partial charge < -0.3 is 9.47 Å².